The molecule has 1 aliphatic carbocycles. The first-order chi connectivity index (χ1) is 4.83. The second kappa shape index (κ2) is 4.24. The number of thiol groups is 1. The van der Waals surface area contributed by atoms with Gasteiger partial charge in [-0.1, -0.05) is 6.42 Å². The Morgan fingerprint density at radius 3 is 2.60 bits per heavy atom. The predicted octanol–water partition coefficient (Wildman–Crippen LogP) is 1.65. The van der Waals surface area contributed by atoms with Crippen LogP contribution < -0.4 is 0 Å². The summed E-state index contributed by atoms with van der Waals surface area (Å²) in [6.07, 6.45) is 4.37. The molecular formula is C8H17NS. The van der Waals surface area contributed by atoms with Crippen molar-refractivity contribution in [2.45, 2.75) is 19.3 Å². The van der Waals surface area contributed by atoms with Gasteiger partial charge in [-0.3, -0.25) is 0 Å². The van der Waals surface area contributed by atoms with Gasteiger partial charge in [-0.15, -0.1) is 0 Å². The molecular weight excluding hydrogens is 142 g/mol. The summed E-state index contributed by atoms with van der Waals surface area (Å²) >= 11 is 4.19. The minimum absolute atomic E-state index is 0.989. The molecule has 1 nitrogen and oxygen atoms in total. The molecule has 0 aromatic heterocycles. The summed E-state index contributed by atoms with van der Waals surface area (Å²) in [5.41, 5.74) is 0. The van der Waals surface area contributed by atoms with Crippen LogP contribution in [0.2, 0.25) is 0 Å². The Balaban J connectivity index is 1.99. The van der Waals surface area contributed by atoms with Crippen molar-refractivity contribution >= 4 is 12.6 Å². The highest BCUT2D eigenvalue weighted by atomic mass is 32.1. The average Bonchev–Trinajstić information content (AvgIpc) is 1.80. The zero-order chi connectivity index (χ0) is 7.40. The maximum Gasteiger partial charge on any atom is 0.00669 e. The zero-order valence-corrected chi connectivity index (χ0v) is 7.61. The van der Waals surface area contributed by atoms with Gasteiger partial charge in [0.15, 0.2) is 0 Å². The first-order valence-electron chi connectivity index (χ1n) is 4.12. The Bertz CT molecular complexity index is 91.3. The molecule has 1 rings (SSSR count). The Hall–Kier alpha value is 0.310. The molecule has 0 spiro atoms. The lowest BCUT2D eigenvalue weighted by atomic mass is 9.85. The van der Waals surface area contributed by atoms with Crippen LogP contribution in [0.1, 0.15) is 19.3 Å². The number of nitrogens with zero attached hydrogens (tertiary/aromatic N) is 1. The van der Waals surface area contributed by atoms with Crippen molar-refractivity contribution in [3.8, 4) is 0 Å². The Labute approximate surface area is 69.2 Å². The molecule has 0 bridgehead atoms. The molecule has 0 atom stereocenters. The first kappa shape index (κ1) is 8.41. The first-order valence-corrected chi connectivity index (χ1v) is 4.75. The van der Waals surface area contributed by atoms with Crippen molar-refractivity contribution in [3.63, 3.8) is 0 Å². The molecule has 2 heteroatoms. The minimum atomic E-state index is 0.989. The molecule has 10 heavy (non-hydrogen) atoms. The Kier molecular flexibility index (Phi) is 3.57. The van der Waals surface area contributed by atoms with E-state index in [1.54, 1.807) is 0 Å². The summed E-state index contributed by atoms with van der Waals surface area (Å²) in [6, 6.07) is 0. The minimum Gasteiger partial charge on any atom is -0.305 e. The third-order valence-corrected chi connectivity index (χ3v) is 2.48. The normalized spacial score (nSPS) is 19.5. The van der Waals surface area contributed by atoms with Gasteiger partial charge in [-0.05, 0) is 25.8 Å². The van der Waals surface area contributed by atoms with E-state index in [2.05, 4.69) is 24.6 Å². The number of rotatable bonds is 4. The van der Waals surface area contributed by atoms with E-state index < -0.39 is 0 Å². The molecule has 0 unspecified atom stereocenters. The molecule has 0 radical (unpaired) electrons. The highest BCUT2D eigenvalue weighted by Crippen LogP contribution is 2.26. The van der Waals surface area contributed by atoms with E-state index in [0.717, 1.165) is 18.2 Å². The summed E-state index contributed by atoms with van der Waals surface area (Å²) in [4.78, 5) is 2.39. The zero-order valence-electron chi connectivity index (χ0n) is 6.71. The van der Waals surface area contributed by atoms with Crippen molar-refractivity contribution < 1.29 is 0 Å². The quantitative estimate of drug-likeness (QED) is 0.610. The largest absolute Gasteiger partial charge is 0.305 e. The predicted molar refractivity (Wildman–Crippen MR) is 48.7 cm³/mol. The van der Waals surface area contributed by atoms with Gasteiger partial charge < -0.3 is 4.90 Å². The fourth-order valence-electron chi connectivity index (χ4n) is 1.38. The van der Waals surface area contributed by atoms with Crippen molar-refractivity contribution in [3.05, 3.63) is 0 Å². The maximum atomic E-state index is 4.19. The van der Waals surface area contributed by atoms with Gasteiger partial charge >= 0.3 is 0 Å². The third kappa shape index (κ3) is 2.51. The SMILES string of the molecule is CN(CCS)CC1CCC1. The highest BCUT2D eigenvalue weighted by Gasteiger charge is 2.18. The summed E-state index contributed by atoms with van der Waals surface area (Å²) in [7, 11) is 2.19. The molecule has 0 amide bonds. The van der Waals surface area contributed by atoms with Crippen molar-refractivity contribution in [1.82, 2.24) is 4.90 Å². The molecule has 60 valence electrons. The van der Waals surface area contributed by atoms with Crippen molar-refractivity contribution in [1.29, 1.82) is 0 Å². The highest BCUT2D eigenvalue weighted by molar-refractivity contribution is 7.80. The topological polar surface area (TPSA) is 3.24 Å². The second-order valence-corrected chi connectivity index (χ2v) is 3.73. The van der Waals surface area contributed by atoms with Crippen LogP contribution in [-0.4, -0.2) is 30.8 Å². The smallest absolute Gasteiger partial charge is 0.00669 e. The van der Waals surface area contributed by atoms with Crippen LogP contribution in [-0.2, 0) is 0 Å². The van der Waals surface area contributed by atoms with Crippen LogP contribution in [0.5, 0.6) is 0 Å². The fourth-order valence-corrected chi connectivity index (χ4v) is 1.72. The van der Waals surface area contributed by atoms with Gasteiger partial charge in [-0.25, -0.2) is 0 Å². The monoisotopic (exact) mass is 159 g/mol. The van der Waals surface area contributed by atoms with Gasteiger partial charge in [0.05, 0.1) is 0 Å². The maximum absolute atomic E-state index is 4.19. The summed E-state index contributed by atoms with van der Waals surface area (Å²) in [5, 5.41) is 0. The summed E-state index contributed by atoms with van der Waals surface area (Å²) < 4.78 is 0. The molecule has 0 heterocycles. The molecule has 0 N–H and O–H groups in total. The van der Waals surface area contributed by atoms with E-state index in [1.807, 2.05) is 0 Å². The average molecular weight is 159 g/mol. The van der Waals surface area contributed by atoms with Crippen LogP contribution in [0.15, 0.2) is 0 Å². The molecule has 0 aromatic rings. The molecule has 0 aromatic carbocycles. The Morgan fingerprint density at radius 1 is 1.50 bits per heavy atom. The van der Waals surface area contributed by atoms with Crippen molar-refractivity contribution in [2.75, 3.05) is 25.9 Å². The van der Waals surface area contributed by atoms with Gasteiger partial charge in [-0.2, -0.15) is 12.6 Å². The van der Waals surface area contributed by atoms with Crippen LogP contribution in [0.4, 0.5) is 0 Å². The lowest BCUT2D eigenvalue weighted by Gasteiger charge is -2.29. The second-order valence-electron chi connectivity index (χ2n) is 3.28. The van der Waals surface area contributed by atoms with Crippen LogP contribution in [0, 0.1) is 5.92 Å². The van der Waals surface area contributed by atoms with Gasteiger partial charge in [0.2, 0.25) is 0 Å². The van der Waals surface area contributed by atoms with Gasteiger partial charge in [0, 0.05) is 18.8 Å². The lowest BCUT2D eigenvalue weighted by Crippen LogP contribution is -2.30. The van der Waals surface area contributed by atoms with E-state index >= 15 is 0 Å². The fraction of sp³-hybridized carbons (Fsp3) is 1.00. The van der Waals surface area contributed by atoms with E-state index in [9.17, 15) is 0 Å². The van der Waals surface area contributed by atoms with Gasteiger partial charge in [0.1, 0.15) is 0 Å². The summed E-state index contributed by atoms with van der Waals surface area (Å²) in [5.74, 6) is 1.99. The Morgan fingerprint density at radius 2 is 2.20 bits per heavy atom. The molecule has 1 fully saturated rings. The van der Waals surface area contributed by atoms with Crippen molar-refractivity contribution in [2.24, 2.45) is 5.92 Å². The summed E-state index contributed by atoms with van der Waals surface area (Å²) in [6.45, 7) is 2.43. The lowest BCUT2D eigenvalue weighted by molar-refractivity contribution is 0.213. The van der Waals surface area contributed by atoms with Crippen LogP contribution in [0.3, 0.4) is 0 Å². The van der Waals surface area contributed by atoms with Crippen LogP contribution >= 0.6 is 12.6 Å². The van der Waals surface area contributed by atoms with E-state index in [1.165, 1.54) is 25.8 Å². The third-order valence-electron chi connectivity index (χ3n) is 2.28. The molecule has 0 saturated heterocycles. The number of hydrogen-bond acceptors (Lipinski definition) is 2. The van der Waals surface area contributed by atoms with E-state index in [0.29, 0.717) is 0 Å². The van der Waals surface area contributed by atoms with E-state index in [-0.39, 0.29) is 0 Å². The molecule has 1 aliphatic rings. The molecule has 1 saturated carbocycles. The standard InChI is InChI=1S/C8H17NS/c1-9(5-6-10)7-8-3-2-4-8/h8,10H,2-7H2,1H3. The van der Waals surface area contributed by atoms with Crippen LogP contribution in [0.25, 0.3) is 0 Å². The van der Waals surface area contributed by atoms with Gasteiger partial charge in [0.25, 0.3) is 0 Å². The molecule has 0 aliphatic heterocycles. The van der Waals surface area contributed by atoms with E-state index in [4.69, 9.17) is 0 Å². The number of hydrogen-bond donors (Lipinski definition) is 1.